The zero-order valence-electron chi connectivity index (χ0n) is 22.9. The number of nitrogens with zero attached hydrogens (tertiary/aromatic N) is 1. The van der Waals surface area contributed by atoms with Gasteiger partial charge in [0.25, 0.3) is 11.8 Å². The average molecular weight is 643 g/mol. The fraction of sp³-hybridized carbons (Fsp3) is 0.0303. The number of anilines is 2. The summed E-state index contributed by atoms with van der Waals surface area (Å²) >= 11 is 8.89. The number of aromatic nitrogens is 1. The Morgan fingerprint density at radius 2 is 1.57 bits per heavy atom. The van der Waals surface area contributed by atoms with Crippen molar-refractivity contribution in [2.45, 2.75) is 4.90 Å². The molecule has 5 aromatic rings. The summed E-state index contributed by atoms with van der Waals surface area (Å²) in [5.74, 6) is -1.49. The van der Waals surface area contributed by atoms with E-state index in [1.54, 1.807) is 60.7 Å². The highest BCUT2D eigenvalue weighted by molar-refractivity contribution is 8.00. The van der Waals surface area contributed by atoms with Crippen LogP contribution in [-0.4, -0.2) is 28.5 Å². The summed E-state index contributed by atoms with van der Waals surface area (Å²) in [7, 11) is 0. The largest absolute Gasteiger partial charge is 0.321 e. The van der Waals surface area contributed by atoms with E-state index in [-0.39, 0.29) is 17.4 Å². The first kappa shape index (κ1) is 30.7. The Kier molecular flexibility index (Phi) is 10.2. The first-order valence-electron chi connectivity index (χ1n) is 13.2. The SMILES string of the molecule is O=C(CSc1ccc(NC(=O)/C(=C/c2ccc(F)cc2)NC(=O)c2ccccc2)cc1)Nc1nc(-c2ccccc2Cl)cs1. The lowest BCUT2D eigenvalue weighted by Gasteiger charge is -2.12. The van der Waals surface area contributed by atoms with Crippen LogP contribution in [0.4, 0.5) is 15.2 Å². The monoisotopic (exact) mass is 642 g/mol. The molecule has 0 bridgehead atoms. The molecule has 0 aliphatic heterocycles. The molecule has 0 aliphatic rings. The molecule has 0 atom stereocenters. The third-order valence-electron chi connectivity index (χ3n) is 6.09. The second-order valence-corrected chi connectivity index (χ2v) is 11.6. The standard InChI is InChI=1S/C33H24ClFN4O3S2/c34-27-9-5-4-8-26(27)29-19-44-33(38-29)39-30(40)20-43-25-16-14-24(15-17-25)36-32(42)28(18-21-10-12-23(35)13-11-21)37-31(41)22-6-2-1-3-7-22/h1-19H,20H2,(H,36,42)(H,37,41)(H,38,39,40)/b28-18-. The minimum absolute atomic E-state index is 0.0135. The summed E-state index contributed by atoms with van der Waals surface area (Å²) in [5, 5.41) is 11.1. The van der Waals surface area contributed by atoms with Crippen LogP contribution in [0.5, 0.6) is 0 Å². The van der Waals surface area contributed by atoms with Crippen LogP contribution in [0.15, 0.2) is 119 Å². The third kappa shape index (κ3) is 8.41. The van der Waals surface area contributed by atoms with Gasteiger partial charge in [-0.15, -0.1) is 23.1 Å². The van der Waals surface area contributed by atoms with E-state index < -0.39 is 17.6 Å². The lowest BCUT2D eigenvalue weighted by molar-refractivity contribution is -0.114. The van der Waals surface area contributed by atoms with Crippen LogP contribution in [0.3, 0.4) is 0 Å². The van der Waals surface area contributed by atoms with Crippen molar-refractivity contribution in [3.8, 4) is 11.3 Å². The Morgan fingerprint density at radius 3 is 2.30 bits per heavy atom. The Morgan fingerprint density at radius 1 is 0.864 bits per heavy atom. The Hall–Kier alpha value is -4.77. The number of thiazole rings is 1. The molecule has 0 saturated heterocycles. The molecule has 0 saturated carbocycles. The molecular formula is C33H24ClFN4O3S2. The van der Waals surface area contributed by atoms with Crippen molar-refractivity contribution < 1.29 is 18.8 Å². The van der Waals surface area contributed by atoms with E-state index in [0.717, 1.165) is 10.5 Å². The predicted molar refractivity (Wildman–Crippen MR) is 175 cm³/mol. The highest BCUT2D eigenvalue weighted by atomic mass is 35.5. The van der Waals surface area contributed by atoms with Crippen molar-refractivity contribution in [1.29, 1.82) is 0 Å². The summed E-state index contributed by atoms with van der Waals surface area (Å²) in [6.07, 6.45) is 1.47. The first-order valence-corrected chi connectivity index (χ1v) is 15.5. The molecule has 11 heteroatoms. The van der Waals surface area contributed by atoms with Gasteiger partial charge in [0, 0.05) is 32.1 Å². The fourth-order valence-corrected chi connectivity index (χ4v) is 5.59. The van der Waals surface area contributed by atoms with E-state index in [1.165, 1.54) is 53.4 Å². The highest BCUT2D eigenvalue weighted by Gasteiger charge is 2.16. The van der Waals surface area contributed by atoms with Gasteiger partial charge in [-0.1, -0.05) is 60.1 Å². The predicted octanol–water partition coefficient (Wildman–Crippen LogP) is 7.74. The molecule has 220 valence electrons. The van der Waals surface area contributed by atoms with Crippen molar-refractivity contribution in [2.75, 3.05) is 16.4 Å². The number of carbonyl (C=O) groups is 3. The van der Waals surface area contributed by atoms with E-state index in [1.807, 2.05) is 23.6 Å². The minimum Gasteiger partial charge on any atom is -0.321 e. The second-order valence-electron chi connectivity index (χ2n) is 9.26. The van der Waals surface area contributed by atoms with Crippen molar-refractivity contribution in [2.24, 2.45) is 0 Å². The number of hydrogen-bond donors (Lipinski definition) is 3. The molecule has 0 radical (unpaired) electrons. The average Bonchev–Trinajstić information content (AvgIpc) is 3.50. The number of carbonyl (C=O) groups excluding carboxylic acids is 3. The van der Waals surface area contributed by atoms with E-state index in [4.69, 9.17) is 11.6 Å². The van der Waals surface area contributed by atoms with Crippen LogP contribution < -0.4 is 16.0 Å². The van der Waals surface area contributed by atoms with Gasteiger partial charge in [-0.3, -0.25) is 14.4 Å². The number of nitrogens with one attached hydrogen (secondary N) is 3. The van der Waals surface area contributed by atoms with Crippen molar-refractivity contribution >= 4 is 69.3 Å². The summed E-state index contributed by atoms with van der Waals surface area (Å²) in [5.41, 5.74) is 2.87. The first-order chi connectivity index (χ1) is 21.3. The van der Waals surface area contributed by atoms with E-state index >= 15 is 0 Å². The van der Waals surface area contributed by atoms with E-state index in [9.17, 15) is 18.8 Å². The molecule has 0 unspecified atom stereocenters. The number of rotatable bonds is 10. The number of amides is 3. The number of thioether (sulfide) groups is 1. The van der Waals surface area contributed by atoms with Crippen LogP contribution in [0.2, 0.25) is 5.02 Å². The molecule has 4 aromatic carbocycles. The summed E-state index contributed by atoms with van der Waals surface area (Å²) in [4.78, 5) is 43.8. The van der Waals surface area contributed by atoms with Gasteiger partial charge in [0.15, 0.2) is 5.13 Å². The van der Waals surface area contributed by atoms with Gasteiger partial charge in [0.05, 0.1) is 11.4 Å². The van der Waals surface area contributed by atoms with E-state index in [2.05, 4.69) is 20.9 Å². The molecule has 3 amide bonds. The van der Waals surface area contributed by atoms with E-state index in [0.29, 0.717) is 32.7 Å². The van der Waals surface area contributed by atoms with Crippen LogP contribution >= 0.6 is 34.7 Å². The quantitative estimate of drug-likeness (QED) is 0.107. The lowest BCUT2D eigenvalue weighted by Crippen LogP contribution is -2.30. The van der Waals surface area contributed by atoms with Crippen LogP contribution in [0, 0.1) is 5.82 Å². The van der Waals surface area contributed by atoms with Crippen molar-refractivity contribution in [1.82, 2.24) is 10.3 Å². The van der Waals surface area contributed by atoms with Gasteiger partial charge in [-0.2, -0.15) is 0 Å². The third-order valence-corrected chi connectivity index (χ3v) is 8.19. The van der Waals surface area contributed by atoms with Crippen molar-refractivity contribution in [3.63, 3.8) is 0 Å². The van der Waals surface area contributed by atoms with Gasteiger partial charge < -0.3 is 16.0 Å². The number of hydrogen-bond acceptors (Lipinski definition) is 6. The molecule has 0 spiro atoms. The van der Waals surface area contributed by atoms with Gasteiger partial charge in [-0.05, 0) is 66.2 Å². The van der Waals surface area contributed by atoms with Crippen molar-refractivity contribution in [3.05, 3.63) is 136 Å². The molecule has 5 rings (SSSR count). The summed E-state index contributed by atoms with van der Waals surface area (Å²) in [6.45, 7) is 0. The van der Waals surface area contributed by atoms with Crippen LogP contribution in [-0.2, 0) is 9.59 Å². The second kappa shape index (κ2) is 14.6. The fourth-order valence-electron chi connectivity index (χ4n) is 3.93. The maximum atomic E-state index is 13.4. The highest BCUT2D eigenvalue weighted by Crippen LogP contribution is 2.30. The summed E-state index contributed by atoms with van der Waals surface area (Å²) in [6, 6.07) is 28.4. The number of halogens is 2. The lowest BCUT2D eigenvalue weighted by atomic mass is 10.1. The minimum atomic E-state index is -0.557. The maximum Gasteiger partial charge on any atom is 0.272 e. The maximum absolute atomic E-state index is 13.4. The molecule has 1 aromatic heterocycles. The molecule has 3 N–H and O–H groups in total. The zero-order chi connectivity index (χ0) is 30.9. The Labute approximate surface area is 266 Å². The Balaban J connectivity index is 1.18. The normalized spacial score (nSPS) is 11.1. The molecule has 1 heterocycles. The molecule has 44 heavy (non-hydrogen) atoms. The zero-order valence-corrected chi connectivity index (χ0v) is 25.3. The Bertz CT molecular complexity index is 1810. The smallest absolute Gasteiger partial charge is 0.272 e. The van der Waals surface area contributed by atoms with Gasteiger partial charge in [0.2, 0.25) is 5.91 Å². The molecule has 0 fully saturated rings. The van der Waals surface area contributed by atoms with Gasteiger partial charge >= 0.3 is 0 Å². The van der Waals surface area contributed by atoms with Gasteiger partial charge in [0.1, 0.15) is 11.5 Å². The molecule has 0 aliphatic carbocycles. The van der Waals surface area contributed by atoms with Crippen LogP contribution in [0.25, 0.3) is 17.3 Å². The molecular weight excluding hydrogens is 619 g/mol. The number of benzene rings is 4. The molecule has 7 nitrogen and oxygen atoms in total. The van der Waals surface area contributed by atoms with Gasteiger partial charge in [-0.25, -0.2) is 9.37 Å². The summed E-state index contributed by atoms with van der Waals surface area (Å²) < 4.78 is 13.4. The topological polar surface area (TPSA) is 100 Å². The van der Waals surface area contributed by atoms with Crippen LogP contribution in [0.1, 0.15) is 15.9 Å².